The Morgan fingerprint density at radius 2 is 2.09 bits per heavy atom. The zero-order valence-corrected chi connectivity index (χ0v) is 13.1. The number of amides is 1. The first-order chi connectivity index (χ1) is 10.7. The summed E-state index contributed by atoms with van der Waals surface area (Å²) in [5, 5.41) is 0. The molecule has 1 N–H and O–H groups in total. The minimum absolute atomic E-state index is 0.0765. The fourth-order valence-corrected chi connectivity index (χ4v) is 3.78. The van der Waals surface area contributed by atoms with E-state index in [9.17, 15) is 4.79 Å². The van der Waals surface area contributed by atoms with Crippen molar-refractivity contribution < 1.29 is 13.9 Å². The van der Waals surface area contributed by atoms with Crippen molar-refractivity contribution >= 4 is 29.2 Å². The number of carbonyl (C=O) groups is 1. The number of oxazole rings is 1. The van der Waals surface area contributed by atoms with Gasteiger partial charge in [-0.3, -0.25) is 4.79 Å². The third kappa shape index (κ3) is 2.36. The van der Waals surface area contributed by atoms with Crippen LogP contribution in [0.25, 0.3) is 11.1 Å². The van der Waals surface area contributed by atoms with E-state index in [2.05, 4.69) is 4.98 Å². The summed E-state index contributed by atoms with van der Waals surface area (Å²) in [5.41, 5.74) is 2.39. The molecule has 4 rings (SSSR count). The average Bonchev–Trinajstić information content (AvgIpc) is 3.09. The molecular formula is C16H18N2O3S. The lowest BCUT2D eigenvalue weighted by atomic mass is 9.80. The van der Waals surface area contributed by atoms with Crippen LogP contribution in [-0.4, -0.2) is 42.1 Å². The number of carbonyl (C=O) groups excluding carboxylic acids is 1. The number of H-pyrrole nitrogens is 1. The van der Waals surface area contributed by atoms with Crippen molar-refractivity contribution in [3.05, 3.63) is 28.6 Å². The van der Waals surface area contributed by atoms with Crippen LogP contribution < -0.4 is 0 Å². The molecule has 116 valence electrons. The van der Waals surface area contributed by atoms with E-state index in [4.69, 9.17) is 21.4 Å². The SMILES string of the molecule is O=C(c1ccc2[nH]c(=S)oc2c1)N1CCC2(CCOCC2)C1. The topological polar surface area (TPSA) is 58.5 Å². The van der Waals surface area contributed by atoms with E-state index in [1.165, 1.54) is 0 Å². The van der Waals surface area contributed by atoms with Crippen LogP contribution in [0.2, 0.25) is 0 Å². The van der Waals surface area contributed by atoms with Crippen molar-refractivity contribution in [2.45, 2.75) is 19.3 Å². The lowest BCUT2D eigenvalue weighted by Gasteiger charge is -2.33. The molecule has 2 saturated heterocycles. The molecule has 1 aromatic carbocycles. The Morgan fingerprint density at radius 1 is 1.27 bits per heavy atom. The molecule has 1 aromatic heterocycles. The Morgan fingerprint density at radius 3 is 2.91 bits per heavy atom. The van der Waals surface area contributed by atoms with Gasteiger partial charge in [-0.05, 0) is 55.1 Å². The maximum Gasteiger partial charge on any atom is 0.266 e. The van der Waals surface area contributed by atoms with Crippen LogP contribution >= 0.6 is 12.2 Å². The second-order valence-electron chi connectivity index (χ2n) is 6.31. The van der Waals surface area contributed by atoms with Gasteiger partial charge in [-0.1, -0.05) is 0 Å². The zero-order chi connectivity index (χ0) is 15.2. The van der Waals surface area contributed by atoms with Gasteiger partial charge in [-0.15, -0.1) is 0 Å². The molecule has 2 aliphatic rings. The Kier molecular flexibility index (Phi) is 3.31. The van der Waals surface area contributed by atoms with Crippen molar-refractivity contribution in [1.82, 2.24) is 9.88 Å². The number of aromatic amines is 1. The molecule has 2 aromatic rings. The molecule has 1 spiro atoms. The Bertz CT molecular complexity index is 773. The molecule has 3 heterocycles. The largest absolute Gasteiger partial charge is 0.429 e. The second-order valence-corrected chi connectivity index (χ2v) is 6.69. The van der Waals surface area contributed by atoms with Crippen LogP contribution in [0.5, 0.6) is 0 Å². The number of hydrogen-bond acceptors (Lipinski definition) is 4. The molecule has 0 atom stereocenters. The van der Waals surface area contributed by atoms with E-state index in [1.807, 2.05) is 17.0 Å². The molecule has 2 aliphatic heterocycles. The lowest BCUT2D eigenvalue weighted by molar-refractivity contribution is 0.0191. The van der Waals surface area contributed by atoms with E-state index in [-0.39, 0.29) is 11.3 Å². The first-order valence-electron chi connectivity index (χ1n) is 7.65. The number of ether oxygens (including phenoxy) is 1. The van der Waals surface area contributed by atoms with Crippen LogP contribution in [0, 0.1) is 10.3 Å². The minimum Gasteiger partial charge on any atom is -0.429 e. The van der Waals surface area contributed by atoms with E-state index in [0.717, 1.165) is 51.1 Å². The summed E-state index contributed by atoms with van der Waals surface area (Å²) >= 11 is 4.98. The maximum absolute atomic E-state index is 12.7. The summed E-state index contributed by atoms with van der Waals surface area (Å²) in [5.74, 6) is 0.0765. The minimum atomic E-state index is 0.0765. The predicted molar refractivity (Wildman–Crippen MR) is 84.4 cm³/mol. The monoisotopic (exact) mass is 318 g/mol. The van der Waals surface area contributed by atoms with E-state index in [0.29, 0.717) is 16.0 Å². The number of aromatic nitrogens is 1. The Labute approximate surface area is 133 Å². The average molecular weight is 318 g/mol. The Hall–Kier alpha value is -1.66. The highest BCUT2D eigenvalue weighted by atomic mass is 32.1. The van der Waals surface area contributed by atoms with Crippen molar-refractivity contribution in [1.29, 1.82) is 0 Å². The number of benzene rings is 1. The van der Waals surface area contributed by atoms with Crippen molar-refractivity contribution in [2.75, 3.05) is 26.3 Å². The van der Waals surface area contributed by atoms with E-state index in [1.54, 1.807) is 6.07 Å². The highest BCUT2D eigenvalue weighted by Gasteiger charge is 2.41. The molecule has 2 fully saturated rings. The molecule has 0 aliphatic carbocycles. The standard InChI is InChI=1S/C16H18N2O3S/c19-14(11-1-2-12-13(9-11)21-15(22)17-12)18-6-3-16(10-18)4-7-20-8-5-16/h1-2,9H,3-8,10H2,(H,17,22). The smallest absolute Gasteiger partial charge is 0.266 e. The summed E-state index contributed by atoms with van der Waals surface area (Å²) in [7, 11) is 0. The number of fused-ring (bicyclic) bond motifs is 1. The van der Waals surface area contributed by atoms with Gasteiger partial charge in [0, 0.05) is 31.9 Å². The number of nitrogens with zero attached hydrogens (tertiary/aromatic N) is 1. The number of rotatable bonds is 1. The Balaban J connectivity index is 1.56. The van der Waals surface area contributed by atoms with Crippen LogP contribution in [0.15, 0.2) is 22.6 Å². The van der Waals surface area contributed by atoms with Gasteiger partial charge in [0.2, 0.25) is 0 Å². The van der Waals surface area contributed by atoms with Crippen LogP contribution in [-0.2, 0) is 4.74 Å². The van der Waals surface area contributed by atoms with E-state index < -0.39 is 0 Å². The molecular weight excluding hydrogens is 300 g/mol. The highest BCUT2D eigenvalue weighted by molar-refractivity contribution is 7.71. The van der Waals surface area contributed by atoms with Gasteiger partial charge in [0.15, 0.2) is 5.58 Å². The van der Waals surface area contributed by atoms with Crippen LogP contribution in [0.3, 0.4) is 0 Å². The summed E-state index contributed by atoms with van der Waals surface area (Å²) in [4.78, 5) is 18.0. The van der Waals surface area contributed by atoms with Crippen LogP contribution in [0.1, 0.15) is 29.6 Å². The quantitative estimate of drug-likeness (QED) is 0.821. The summed E-state index contributed by atoms with van der Waals surface area (Å²) < 4.78 is 10.9. The molecule has 5 nitrogen and oxygen atoms in total. The molecule has 22 heavy (non-hydrogen) atoms. The lowest BCUT2D eigenvalue weighted by Crippen LogP contribution is -2.35. The fourth-order valence-electron chi connectivity index (χ4n) is 3.58. The number of hydrogen-bond donors (Lipinski definition) is 1. The zero-order valence-electron chi connectivity index (χ0n) is 12.3. The van der Waals surface area contributed by atoms with E-state index >= 15 is 0 Å². The van der Waals surface area contributed by atoms with Gasteiger partial charge in [0.1, 0.15) is 0 Å². The maximum atomic E-state index is 12.7. The van der Waals surface area contributed by atoms with Gasteiger partial charge >= 0.3 is 0 Å². The van der Waals surface area contributed by atoms with Crippen molar-refractivity contribution in [3.63, 3.8) is 0 Å². The molecule has 1 amide bonds. The van der Waals surface area contributed by atoms with Gasteiger partial charge in [0.05, 0.1) is 5.52 Å². The number of nitrogens with one attached hydrogen (secondary N) is 1. The van der Waals surface area contributed by atoms with Crippen molar-refractivity contribution in [2.24, 2.45) is 5.41 Å². The summed E-state index contributed by atoms with van der Waals surface area (Å²) in [6.45, 7) is 3.30. The predicted octanol–water partition coefficient (Wildman–Crippen LogP) is 3.13. The molecule has 6 heteroatoms. The fraction of sp³-hybridized carbons (Fsp3) is 0.500. The molecule has 0 saturated carbocycles. The highest BCUT2D eigenvalue weighted by Crippen LogP contribution is 2.40. The summed E-state index contributed by atoms with van der Waals surface area (Å²) in [6.07, 6.45) is 3.19. The number of likely N-dealkylation sites (tertiary alicyclic amines) is 1. The van der Waals surface area contributed by atoms with Gasteiger partial charge in [-0.2, -0.15) is 0 Å². The van der Waals surface area contributed by atoms with Gasteiger partial charge < -0.3 is 19.0 Å². The van der Waals surface area contributed by atoms with Gasteiger partial charge in [-0.25, -0.2) is 0 Å². The van der Waals surface area contributed by atoms with Crippen LogP contribution in [0.4, 0.5) is 0 Å². The summed E-state index contributed by atoms with van der Waals surface area (Å²) in [6, 6.07) is 5.46. The van der Waals surface area contributed by atoms with Crippen molar-refractivity contribution in [3.8, 4) is 0 Å². The molecule has 0 unspecified atom stereocenters. The first kappa shape index (κ1) is 14.0. The second kappa shape index (κ2) is 5.21. The third-order valence-corrected chi connectivity index (χ3v) is 5.13. The van der Waals surface area contributed by atoms with Gasteiger partial charge in [0.25, 0.3) is 10.7 Å². The molecule has 0 bridgehead atoms. The normalized spacial score (nSPS) is 20.8. The molecule has 0 radical (unpaired) electrons. The first-order valence-corrected chi connectivity index (χ1v) is 8.06. The third-order valence-electron chi connectivity index (χ3n) is 4.95.